The highest BCUT2D eigenvalue weighted by molar-refractivity contribution is 5.77. The molecule has 2 heteroatoms. The van der Waals surface area contributed by atoms with Crippen molar-refractivity contribution >= 4 is 5.84 Å². The molecule has 0 unspecified atom stereocenters. The van der Waals surface area contributed by atoms with Gasteiger partial charge in [-0.1, -0.05) is 31.2 Å². The summed E-state index contributed by atoms with van der Waals surface area (Å²) in [5.41, 5.74) is 8.11. The average Bonchev–Trinajstić information content (AvgIpc) is 2.15. The molecular weight excluding hydrogens is 160 g/mol. The second-order valence-electron chi connectivity index (χ2n) is 3.08. The summed E-state index contributed by atoms with van der Waals surface area (Å²) in [6.07, 6.45) is 1.05. The first-order valence-corrected chi connectivity index (χ1v) is 4.57. The zero-order valence-corrected chi connectivity index (χ0v) is 8.25. The van der Waals surface area contributed by atoms with Crippen LogP contribution in [-0.2, 0) is 13.0 Å². The van der Waals surface area contributed by atoms with E-state index >= 15 is 0 Å². The maximum absolute atomic E-state index is 5.48. The molecule has 0 radical (unpaired) electrons. The second kappa shape index (κ2) is 4.65. The van der Waals surface area contributed by atoms with Gasteiger partial charge in [-0.15, -0.1) is 0 Å². The van der Waals surface area contributed by atoms with E-state index in [0.717, 1.165) is 6.42 Å². The van der Waals surface area contributed by atoms with Gasteiger partial charge in [0.25, 0.3) is 0 Å². The SMILES string of the molecule is CCc1ccccc1CN=C(C)N. The molecule has 0 bridgehead atoms. The van der Waals surface area contributed by atoms with Crippen LogP contribution in [0.4, 0.5) is 0 Å². The summed E-state index contributed by atoms with van der Waals surface area (Å²) in [6, 6.07) is 8.33. The first kappa shape index (κ1) is 9.78. The van der Waals surface area contributed by atoms with Gasteiger partial charge in [-0.2, -0.15) is 0 Å². The van der Waals surface area contributed by atoms with E-state index in [1.165, 1.54) is 11.1 Å². The quantitative estimate of drug-likeness (QED) is 0.556. The maximum atomic E-state index is 5.48. The Hall–Kier alpha value is -1.31. The van der Waals surface area contributed by atoms with E-state index < -0.39 is 0 Å². The van der Waals surface area contributed by atoms with Crippen molar-refractivity contribution in [3.63, 3.8) is 0 Å². The van der Waals surface area contributed by atoms with Gasteiger partial charge in [0.1, 0.15) is 0 Å². The Morgan fingerprint density at radius 2 is 1.92 bits per heavy atom. The Bertz CT molecular complexity index is 299. The number of benzene rings is 1. The smallest absolute Gasteiger partial charge is 0.0909 e. The van der Waals surface area contributed by atoms with Gasteiger partial charge in [0.05, 0.1) is 12.4 Å². The number of hydrogen-bond donors (Lipinski definition) is 1. The van der Waals surface area contributed by atoms with Crippen molar-refractivity contribution in [2.75, 3.05) is 0 Å². The van der Waals surface area contributed by atoms with Crippen LogP contribution in [0.1, 0.15) is 25.0 Å². The van der Waals surface area contributed by atoms with Crippen LogP contribution in [0.15, 0.2) is 29.3 Å². The van der Waals surface area contributed by atoms with E-state index in [0.29, 0.717) is 12.4 Å². The monoisotopic (exact) mass is 176 g/mol. The molecule has 0 aliphatic rings. The normalized spacial score (nSPS) is 11.7. The van der Waals surface area contributed by atoms with Crippen molar-refractivity contribution in [2.24, 2.45) is 10.7 Å². The van der Waals surface area contributed by atoms with Crippen LogP contribution in [0.2, 0.25) is 0 Å². The number of nitrogens with two attached hydrogens (primary N) is 1. The van der Waals surface area contributed by atoms with Crippen molar-refractivity contribution in [3.8, 4) is 0 Å². The molecule has 0 aliphatic carbocycles. The van der Waals surface area contributed by atoms with Gasteiger partial charge in [-0.3, -0.25) is 4.99 Å². The van der Waals surface area contributed by atoms with Crippen LogP contribution >= 0.6 is 0 Å². The van der Waals surface area contributed by atoms with Gasteiger partial charge in [-0.25, -0.2) is 0 Å². The number of aliphatic imine (C=N–C) groups is 1. The Kier molecular flexibility index (Phi) is 3.50. The third-order valence-corrected chi connectivity index (χ3v) is 2.00. The van der Waals surface area contributed by atoms with Crippen LogP contribution in [0.3, 0.4) is 0 Å². The molecule has 1 rings (SSSR count). The fourth-order valence-electron chi connectivity index (χ4n) is 1.27. The molecule has 2 nitrogen and oxygen atoms in total. The Balaban J connectivity index is 2.81. The zero-order chi connectivity index (χ0) is 9.68. The van der Waals surface area contributed by atoms with Crippen LogP contribution in [-0.4, -0.2) is 5.84 Å². The molecule has 0 amide bonds. The van der Waals surface area contributed by atoms with Crippen molar-refractivity contribution in [1.29, 1.82) is 0 Å². The van der Waals surface area contributed by atoms with E-state index in [1.54, 1.807) is 0 Å². The summed E-state index contributed by atoms with van der Waals surface area (Å²) in [6.45, 7) is 4.67. The van der Waals surface area contributed by atoms with Crippen LogP contribution in [0.5, 0.6) is 0 Å². The van der Waals surface area contributed by atoms with Crippen molar-refractivity contribution in [3.05, 3.63) is 35.4 Å². The molecule has 2 N–H and O–H groups in total. The third kappa shape index (κ3) is 2.90. The fraction of sp³-hybridized carbons (Fsp3) is 0.364. The molecule has 1 aromatic rings. The summed E-state index contributed by atoms with van der Waals surface area (Å²) in [5.74, 6) is 0.644. The van der Waals surface area contributed by atoms with Crippen molar-refractivity contribution in [1.82, 2.24) is 0 Å². The lowest BCUT2D eigenvalue weighted by molar-refractivity contribution is 0.998. The van der Waals surface area contributed by atoms with Gasteiger partial charge in [0, 0.05) is 0 Å². The molecule has 13 heavy (non-hydrogen) atoms. The lowest BCUT2D eigenvalue weighted by Crippen LogP contribution is -2.05. The summed E-state index contributed by atoms with van der Waals surface area (Å²) >= 11 is 0. The summed E-state index contributed by atoms with van der Waals surface area (Å²) in [7, 11) is 0. The van der Waals surface area contributed by atoms with Crippen LogP contribution < -0.4 is 5.73 Å². The Labute approximate surface area is 79.5 Å². The summed E-state index contributed by atoms with van der Waals surface area (Å²) in [5, 5.41) is 0. The highest BCUT2D eigenvalue weighted by Gasteiger charge is 1.97. The average molecular weight is 176 g/mol. The van der Waals surface area contributed by atoms with Gasteiger partial charge in [-0.05, 0) is 24.5 Å². The minimum absolute atomic E-state index is 0.644. The largest absolute Gasteiger partial charge is 0.388 e. The third-order valence-electron chi connectivity index (χ3n) is 2.00. The number of aryl methyl sites for hydroxylation is 1. The summed E-state index contributed by atoms with van der Waals surface area (Å²) in [4.78, 5) is 4.20. The molecule has 70 valence electrons. The van der Waals surface area contributed by atoms with Crippen LogP contribution in [0.25, 0.3) is 0 Å². The number of hydrogen-bond acceptors (Lipinski definition) is 1. The molecular formula is C11H16N2. The zero-order valence-electron chi connectivity index (χ0n) is 8.25. The Morgan fingerprint density at radius 1 is 1.31 bits per heavy atom. The van der Waals surface area contributed by atoms with Gasteiger partial charge in [0.2, 0.25) is 0 Å². The van der Waals surface area contributed by atoms with Gasteiger partial charge < -0.3 is 5.73 Å². The van der Waals surface area contributed by atoms with Gasteiger partial charge in [0.15, 0.2) is 0 Å². The molecule has 0 aliphatic heterocycles. The van der Waals surface area contributed by atoms with Crippen molar-refractivity contribution in [2.45, 2.75) is 26.8 Å². The molecule has 1 aromatic carbocycles. The van der Waals surface area contributed by atoms with E-state index in [9.17, 15) is 0 Å². The van der Waals surface area contributed by atoms with E-state index in [2.05, 4.69) is 30.1 Å². The molecule has 0 saturated heterocycles. The summed E-state index contributed by atoms with van der Waals surface area (Å²) < 4.78 is 0. The first-order valence-electron chi connectivity index (χ1n) is 4.57. The molecule has 0 fully saturated rings. The molecule has 0 heterocycles. The first-order chi connectivity index (χ1) is 6.24. The lowest BCUT2D eigenvalue weighted by Gasteiger charge is -2.04. The minimum atomic E-state index is 0.644. The second-order valence-corrected chi connectivity index (χ2v) is 3.08. The number of nitrogens with zero attached hydrogens (tertiary/aromatic N) is 1. The molecule has 0 aromatic heterocycles. The molecule has 0 spiro atoms. The minimum Gasteiger partial charge on any atom is -0.388 e. The molecule has 0 saturated carbocycles. The van der Waals surface area contributed by atoms with E-state index in [1.807, 2.05) is 13.0 Å². The topological polar surface area (TPSA) is 38.4 Å². The van der Waals surface area contributed by atoms with Crippen LogP contribution in [0, 0.1) is 0 Å². The van der Waals surface area contributed by atoms with E-state index in [4.69, 9.17) is 5.73 Å². The maximum Gasteiger partial charge on any atom is 0.0909 e. The number of rotatable bonds is 3. The Morgan fingerprint density at radius 3 is 2.46 bits per heavy atom. The highest BCUT2D eigenvalue weighted by atomic mass is 14.8. The predicted molar refractivity (Wildman–Crippen MR) is 56.8 cm³/mol. The molecule has 0 atom stereocenters. The number of amidine groups is 1. The van der Waals surface area contributed by atoms with E-state index in [-0.39, 0.29) is 0 Å². The predicted octanol–water partition coefficient (Wildman–Crippen LogP) is 2.13. The van der Waals surface area contributed by atoms with Gasteiger partial charge >= 0.3 is 0 Å². The fourth-order valence-corrected chi connectivity index (χ4v) is 1.27. The van der Waals surface area contributed by atoms with Crippen molar-refractivity contribution < 1.29 is 0 Å². The lowest BCUT2D eigenvalue weighted by atomic mass is 10.1. The highest BCUT2D eigenvalue weighted by Crippen LogP contribution is 2.10. The standard InChI is InChI=1S/C11H16N2/c1-3-10-6-4-5-7-11(10)8-13-9(2)12/h4-7H,3,8H2,1-2H3,(H2,12,13).